The number of rotatable bonds is 6. The zero-order chi connectivity index (χ0) is 15.2. The number of hydrogen-bond donors (Lipinski definition) is 1. The molecule has 0 saturated carbocycles. The van der Waals surface area contributed by atoms with E-state index in [1.54, 1.807) is 29.2 Å². The van der Waals surface area contributed by atoms with Gasteiger partial charge < -0.3 is 15.0 Å². The molecule has 21 heavy (non-hydrogen) atoms. The summed E-state index contributed by atoms with van der Waals surface area (Å²) >= 11 is 0. The van der Waals surface area contributed by atoms with Gasteiger partial charge in [0.1, 0.15) is 6.61 Å². The first-order valence-electron chi connectivity index (χ1n) is 7.05. The second-order valence-corrected chi connectivity index (χ2v) is 5.23. The third-order valence-electron chi connectivity index (χ3n) is 3.27. The van der Waals surface area contributed by atoms with E-state index >= 15 is 0 Å². The van der Waals surface area contributed by atoms with Crippen LogP contribution in [0, 0.1) is 0 Å². The van der Waals surface area contributed by atoms with Crippen molar-refractivity contribution in [3.63, 3.8) is 0 Å². The molecule has 0 aliphatic carbocycles. The molecule has 1 aromatic rings. The average molecular weight is 291 g/mol. The van der Waals surface area contributed by atoms with Crippen LogP contribution >= 0.6 is 0 Å². The van der Waals surface area contributed by atoms with Crippen molar-refractivity contribution in [2.45, 2.75) is 6.42 Å². The van der Waals surface area contributed by atoms with E-state index in [2.05, 4.69) is 10.2 Å². The van der Waals surface area contributed by atoms with Gasteiger partial charge in [0, 0.05) is 17.8 Å². The van der Waals surface area contributed by atoms with Gasteiger partial charge in [-0.2, -0.15) is 0 Å². The van der Waals surface area contributed by atoms with Crippen LogP contribution in [0.15, 0.2) is 24.3 Å². The SMILES string of the molecule is CN(C)CCCNC(=O)c1ccc(N2CCOC2=O)cc1. The minimum Gasteiger partial charge on any atom is -0.447 e. The first-order valence-corrected chi connectivity index (χ1v) is 7.05. The van der Waals surface area contributed by atoms with E-state index in [1.807, 2.05) is 14.1 Å². The molecule has 0 radical (unpaired) electrons. The van der Waals surface area contributed by atoms with Gasteiger partial charge in [0.15, 0.2) is 0 Å². The van der Waals surface area contributed by atoms with Crippen molar-refractivity contribution < 1.29 is 14.3 Å². The molecule has 0 atom stereocenters. The number of anilines is 1. The summed E-state index contributed by atoms with van der Waals surface area (Å²) in [6, 6.07) is 6.98. The summed E-state index contributed by atoms with van der Waals surface area (Å²) in [7, 11) is 4.01. The summed E-state index contributed by atoms with van der Waals surface area (Å²) in [5, 5.41) is 2.88. The fraction of sp³-hybridized carbons (Fsp3) is 0.467. The third kappa shape index (κ3) is 4.19. The molecular formula is C15H21N3O3. The Kier molecular flexibility index (Phi) is 5.16. The molecule has 0 bridgehead atoms. The Morgan fingerprint density at radius 1 is 1.33 bits per heavy atom. The van der Waals surface area contributed by atoms with Crippen molar-refractivity contribution in [2.75, 3.05) is 45.2 Å². The predicted molar refractivity (Wildman–Crippen MR) is 80.6 cm³/mol. The molecule has 1 fully saturated rings. The van der Waals surface area contributed by atoms with Gasteiger partial charge in [-0.1, -0.05) is 0 Å². The van der Waals surface area contributed by atoms with Crippen molar-refractivity contribution >= 4 is 17.7 Å². The van der Waals surface area contributed by atoms with Crippen molar-refractivity contribution in [3.05, 3.63) is 29.8 Å². The molecular weight excluding hydrogens is 270 g/mol. The standard InChI is InChI=1S/C15H21N3O3/c1-17(2)9-3-8-16-14(19)12-4-6-13(7-5-12)18-10-11-21-15(18)20/h4-7H,3,8-11H2,1-2H3,(H,16,19). The summed E-state index contributed by atoms with van der Waals surface area (Å²) < 4.78 is 4.89. The molecule has 6 heteroatoms. The summed E-state index contributed by atoms with van der Waals surface area (Å²) in [4.78, 5) is 27.0. The molecule has 1 aromatic carbocycles. The lowest BCUT2D eigenvalue weighted by molar-refractivity contribution is 0.0952. The van der Waals surface area contributed by atoms with Crippen molar-refractivity contribution in [1.29, 1.82) is 0 Å². The highest BCUT2D eigenvalue weighted by Gasteiger charge is 2.23. The lowest BCUT2D eigenvalue weighted by atomic mass is 10.2. The molecule has 2 amide bonds. The largest absolute Gasteiger partial charge is 0.447 e. The molecule has 2 rings (SSSR count). The van der Waals surface area contributed by atoms with Gasteiger partial charge in [-0.05, 0) is 51.3 Å². The summed E-state index contributed by atoms with van der Waals surface area (Å²) in [5.74, 6) is -0.0932. The van der Waals surface area contributed by atoms with Crippen LogP contribution in [-0.4, -0.2) is 57.2 Å². The van der Waals surface area contributed by atoms with E-state index < -0.39 is 0 Å². The van der Waals surface area contributed by atoms with Gasteiger partial charge in [-0.15, -0.1) is 0 Å². The molecule has 114 valence electrons. The van der Waals surface area contributed by atoms with Crippen LogP contribution in [-0.2, 0) is 4.74 Å². The number of benzene rings is 1. The summed E-state index contributed by atoms with van der Waals surface area (Å²) in [6.45, 7) is 2.55. The van der Waals surface area contributed by atoms with Crippen LogP contribution in [0.1, 0.15) is 16.8 Å². The van der Waals surface area contributed by atoms with Crippen LogP contribution in [0.25, 0.3) is 0 Å². The average Bonchev–Trinajstić information content (AvgIpc) is 2.89. The van der Waals surface area contributed by atoms with Gasteiger partial charge in [0.2, 0.25) is 0 Å². The molecule has 1 aliphatic heterocycles. The fourth-order valence-corrected chi connectivity index (χ4v) is 2.12. The number of amides is 2. The first kappa shape index (κ1) is 15.3. The smallest absolute Gasteiger partial charge is 0.414 e. The van der Waals surface area contributed by atoms with Crippen LogP contribution in [0.3, 0.4) is 0 Å². The Labute approximate surface area is 124 Å². The highest BCUT2D eigenvalue weighted by atomic mass is 16.6. The Morgan fingerprint density at radius 2 is 2.05 bits per heavy atom. The fourth-order valence-electron chi connectivity index (χ4n) is 2.12. The second-order valence-electron chi connectivity index (χ2n) is 5.23. The Balaban J connectivity index is 1.86. The van der Waals surface area contributed by atoms with Crippen LogP contribution in [0.4, 0.5) is 10.5 Å². The highest BCUT2D eigenvalue weighted by Crippen LogP contribution is 2.19. The van der Waals surface area contributed by atoms with Crippen molar-refractivity contribution in [3.8, 4) is 0 Å². The van der Waals surface area contributed by atoms with Gasteiger partial charge in [-0.3, -0.25) is 9.69 Å². The maximum Gasteiger partial charge on any atom is 0.414 e. The van der Waals surface area contributed by atoms with E-state index in [0.29, 0.717) is 25.3 Å². The van der Waals surface area contributed by atoms with Gasteiger partial charge >= 0.3 is 6.09 Å². The maximum absolute atomic E-state index is 12.0. The maximum atomic E-state index is 12.0. The molecule has 6 nitrogen and oxygen atoms in total. The van der Waals surface area contributed by atoms with Crippen LogP contribution in [0.2, 0.25) is 0 Å². The number of carbonyl (C=O) groups is 2. The number of carbonyl (C=O) groups excluding carboxylic acids is 2. The lowest BCUT2D eigenvalue weighted by Gasteiger charge is -2.13. The first-order chi connectivity index (χ1) is 10.1. The molecule has 0 aromatic heterocycles. The van der Waals surface area contributed by atoms with Gasteiger partial charge in [-0.25, -0.2) is 4.79 Å². The highest BCUT2D eigenvalue weighted by molar-refractivity contribution is 5.95. The Bertz CT molecular complexity index is 499. The minimum absolute atomic E-state index is 0.0932. The van der Waals surface area contributed by atoms with Gasteiger partial charge in [0.25, 0.3) is 5.91 Å². The second kappa shape index (κ2) is 7.08. The number of nitrogens with zero attached hydrogens (tertiary/aromatic N) is 2. The van der Waals surface area contributed by atoms with E-state index in [4.69, 9.17) is 4.74 Å². The molecule has 1 aliphatic rings. The summed E-state index contributed by atoms with van der Waals surface area (Å²) in [5.41, 5.74) is 1.35. The monoisotopic (exact) mass is 291 g/mol. The third-order valence-corrected chi connectivity index (χ3v) is 3.27. The van der Waals surface area contributed by atoms with E-state index in [9.17, 15) is 9.59 Å². The topological polar surface area (TPSA) is 61.9 Å². The zero-order valence-corrected chi connectivity index (χ0v) is 12.5. The number of cyclic esters (lactones) is 1. The van der Waals surface area contributed by atoms with Crippen molar-refractivity contribution in [1.82, 2.24) is 10.2 Å². The quantitative estimate of drug-likeness (QED) is 0.803. The molecule has 1 N–H and O–H groups in total. The van der Waals surface area contributed by atoms with Gasteiger partial charge in [0.05, 0.1) is 6.54 Å². The predicted octanol–water partition coefficient (Wildman–Crippen LogP) is 1.32. The molecule has 0 unspecified atom stereocenters. The molecule has 1 saturated heterocycles. The van der Waals surface area contributed by atoms with Crippen LogP contribution < -0.4 is 10.2 Å². The van der Waals surface area contributed by atoms with E-state index in [-0.39, 0.29) is 12.0 Å². The Hall–Kier alpha value is -2.08. The van der Waals surface area contributed by atoms with E-state index in [1.165, 1.54) is 0 Å². The zero-order valence-electron chi connectivity index (χ0n) is 12.5. The molecule has 0 spiro atoms. The van der Waals surface area contributed by atoms with E-state index in [0.717, 1.165) is 18.7 Å². The normalized spacial score (nSPS) is 14.4. The molecule has 1 heterocycles. The number of ether oxygens (including phenoxy) is 1. The summed E-state index contributed by atoms with van der Waals surface area (Å²) in [6.07, 6.45) is 0.576. The number of nitrogens with one attached hydrogen (secondary N) is 1. The minimum atomic E-state index is -0.337. The number of hydrogen-bond acceptors (Lipinski definition) is 4. The van der Waals surface area contributed by atoms with Crippen LogP contribution in [0.5, 0.6) is 0 Å². The lowest BCUT2D eigenvalue weighted by Crippen LogP contribution is -2.27. The Morgan fingerprint density at radius 3 is 2.62 bits per heavy atom. The van der Waals surface area contributed by atoms with Crippen molar-refractivity contribution in [2.24, 2.45) is 0 Å².